The van der Waals surface area contributed by atoms with Crippen molar-refractivity contribution in [1.29, 1.82) is 0 Å². The molecule has 2 N–H and O–H groups in total. The maximum atomic E-state index is 13.2. The molecule has 0 bridgehead atoms. The summed E-state index contributed by atoms with van der Waals surface area (Å²) in [6.45, 7) is 1.94. The van der Waals surface area contributed by atoms with Crippen molar-refractivity contribution < 1.29 is 0 Å². The molecule has 5 rings (SSSR count). The molecular weight excluding hydrogens is 356 g/mol. The first-order valence-electron chi connectivity index (χ1n) is 8.73. The van der Waals surface area contributed by atoms with Crippen LogP contribution in [0.4, 0.5) is 5.82 Å². The highest BCUT2D eigenvalue weighted by Gasteiger charge is 2.21. The van der Waals surface area contributed by atoms with Crippen molar-refractivity contribution in [3.63, 3.8) is 0 Å². The van der Waals surface area contributed by atoms with Gasteiger partial charge in [0.25, 0.3) is 0 Å². The molecule has 28 heavy (non-hydrogen) atoms. The van der Waals surface area contributed by atoms with E-state index in [-0.39, 0.29) is 11.7 Å². The number of hydrogen-bond donors (Lipinski definition) is 1. The van der Waals surface area contributed by atoms with Gasteiger partial charge in [0, 0.05) is 6.20 Å². The number of anilines is 1. The minimum atomic E-state index is -0.327. The lowest BCUT2D eigenvalue weighted by atomic mass is 10.2. The van der Waals surface area contributed by atoms with Crippen molar-refractivity contribution in [2.45, 2.75) is 13.0 Å². The minimum absolute atomic E-state index is 0.193. The number of rotatable bonds is 3. The van der Waals surface area contributed by atoms with Gasteiger partial charge < -0.3 is 10.3 Å². The molecule has 0 fully saturated rings. The zero-order chi connectivity index (χ0) is 19.3. The van der Waals surface area contributed by atoms with Crippen molar-refractivity contribution in [3.05, 3.63) is 77.6 Å². The Labute approximate surface area is 158 Å². The van der Waals surface area contributed by atoms with Crippen LogP contribution >= 0.6 is 0 Å². The third kappa shape index (κ3) is 2.29. The summed E-state index contributed by atoms with van der Waals surface area (Å²) in [5.74, 6) is 0.880. The largest absolute Gasteiger partial charge is 0.382 e. The molecule has 0 aliphatic rings. The molecule has 4 heterocycles. The predicted molar refractivity (Wildman–Crippen MR) is 104 cm³/mol. The number of para-hydroxylation sites is 1. The third-order valence-corrected chi connectivity index (χ3v) is 4.78. The maximum Gasteiger partial charge on any atom is 0.339 e. The molecule has 0 aliphatic carbocycles. The maximum absolute atomic E-state index is 13.2. The molecule has 0 radical (unpaired) electrons. The highest BCUT2D eigenvalue weighted by molar-refractivity contribution is 5.81. The molecule has 5 aromatic rings. The van der Waals surface area contributed by atoms with Crippen LogP contribution in [0.15, 0.2) is 66.1 Å². The van der Waals surface area contributed by atoms with Crippen LogP contribution in [0.1, 0.15) is 18.8 Å². The van der Waals surface area contributed by atoms with E-state index in [2.05, 4.69) is 15.0 Å². The Morgan fingerprint density at radius 1 is 1.04 bits per heavy atom. The van der Waals surface area contributed by atoms with Gasteiger partial charge in [-0.05, 0) is 31.2 Å². The standard InChI is InChI=1S/C19H16N8O/c1-12(26-11-23-15-16(20)21-10-22-18(15)26)17-24-14-8-5-9-25(14)19(28)27(17)13-6-3-2-4-7-13/h2-12H,1H3,(H2,20,21,22). The van der Waals surface area contributed by atoms with Gasteiger partial charge in [0.2, 0.25) is 0 Å². The number of aromatic nitrogens is 7. The van der Waals surface area contributed by atoms with Crippen molar-refractivity contribution in [2.24, 2.45) is 0 Å². The molecule has 0 saturated carbocycles. The Bertz CT molecular complexity index is 1370. The lowest BCUT2D eigenvalue weighted by molar-refractivity contribution is 0.578. The number of imidazole rings is 1. The average molecular weight is 372 g/mol. The SMILES string of the molecule is CC(c1nc2cccn2c(=O)n1-c1ccccc1)n1cnc2c(N)ncnc21. The number of nitrogens with two attached hydrogens (primary N) is 1. The van der Waals surface area contributed by atoms with E-state index in [1.165, 1.54) is 10.7 Å². The Morgan fingerprint density at radius 2 is 1.86 bits per heavy atom. The Hall–Kier alpha value is -4.01. The number of nitrogens with zero attached hydrogens (tertiary/aromatic N) is 7. The van der Waals surface area contributed by atoms with E-state index in [4.69, 9.17) is 10.7 Å². The highest BCUT2D eigenvalue weighted by Crippen LogP contribution is 2.24. The lowest BCUT2D eigenvalue weighted by Crippen LogP contribution is -2.31. The minimum Gasteiger partial charge on any atom is -0.382 e. The predicted octanol–water partition coefficient (Wildman–Crippen LogP) is 1.82. The molecule has 138 valence electrons. The molecule has 4 aromatic heterocycles. The van der Waals surface area contributed by atoms with Crippen LogP contribution in [0.2, 0.25) is 0 Å². The van der Waals surface area contributed by atoms with E-state index in [1.807, 2.05) is 41.8 Å². The number of nitrogen functional groups attached to an aromatic ring is 1. The summed E-state index contributed by atoms with van der Waals surface area (Å²) < 4.78 is 4.97. The van der Waals surface area contributed by atoms with Crippen LogP contribution < -0.4 is 11.4 Å². The topological polar surface area (TPSA) is 109 Å². The van der Waals surface area contributed by atoms with Crippen molar-refractivity contribution in [3.8, 4) is 5.69 Å². The summed E-state index contributed by atoms with van der Waals surface area (Å²) in [4.78, 5) is 30.6. The molecule has 1 unspecified atom stereocenters. The molecule has 1 atom stereocenters. The third-order valence-electron chi connectivity index (χ3n) is 4.78. The van der Waals surface area contributed by atoms with Gasteiger partial charge in [-0.3, -0.25) is 4.40 Å². The van der Waals surface area contributed by atoms with Gasteiger partial charge in [-0.1, -0.05) is 18.2 Å². The first-order valence-corrected chi connectivity index (χ1v) is 8.73. The fourth-order valence-corrected chi connectivity index (χ4v) is 3.38. The second kappa shape index (κ2) is 6.02. The Morgan fingerprint density at radius 3 is 2.68 bits per heavy atom. The molecule has 1 aromatic carbocycles. The van der Waals surface area contributed by atoms with Crippen LogP contribution in [-0.4, -0.2) is 33.5 Å². The number of hydrogen-bond acceptors (Lipinski definition) is 6. The van der Waals surface area contributed by atoms with E-state index in [0.717, 1.165) is 5.69 Å². The number of fused-ring (bicyclic) bond motifs is 2. The molecule has 0 amide bonds. The van der Waals surface area contributed by atoms with E-state index in [1.54, 1.807) is 29.2 Å². The van der Waals surface area contributed by atoms with Crippen molar-refractivity contribution in [1.82, 2.24) is 33.5 Å². The smallest absolute Gasteiger partial charge is 0.339 e. The van der Waals surface area contributed by atoms with Crippen LogP contribution in [0.5, 0.6) is 0 Å². The molecule has 0 spiro atoms. The summed E-state index contributed by atoms with van der Waals surface area (Å²) in [7, 11) is 0. The first-order chi connectivity index (χ1) is 13.6. The summed E-state index contributed by atoms with van der Waals surface area (Å²) in [6.07, 6.45) is 4.75. The quantitative estimate of drug-likeness (QED) is 0.517. The summed E-state index contributed by atoms with van der Waals surface area (Å²) >= 11 is 0. The van der Waals surface area contributed by atoms with E-state index >= 15 is 0 Å². The molecule has 9 heteroatoms. The lowest BCUT2D eigenvalue weighted by Gasteiger charge is -2.19. The summed E-state index contributed by atoms with van der Waals surface area (Å²) in [5, 5.41) is 0. The molecule has 9 nitrogen and oxygen atoms in total. The molecule has 0 aliphatic heterocycles. The Kier molecular flexibility index (Phi) is 3.48. The van der Waals surface area contributed by atoms with Gasteiger partial charge in [-0.2, -0.15) is 0 Å². The van der Waals surface area contributed by atoms with Gasteiger partial charge >= 0.3 is 5.69 Å². The number of benzene rings is 1. The van der Waals surface area contributed by atoms with Crippen LogP contribution in [0.25, 0.3) is 22.5 Å². The van der Waals surface area contributed by atoms with Crippen molar-refractivity contribution in [2.75, 3.05) is 5.73 Å². The van der Waals surface area contributed by atoms with Gasteiger partial charge in [0.1, 0.15) is 23.3 Å². The molecule has 0 saturated heterocycles. The van der Waals surface area contributed by atoms with Gasteiger partial charge in [0.05, 0.1) is 18.1 Å². The van der Waals surface area contributed by atoms with Gasteiger partial charge in [-0.15, -0.1) is 0 Å². The summed E-state index contributed by atoms with van der Waals surface area (Å²) in [5.41, 5.74) is 8.14. The van der Waals surface area contributed by atoms with Gasteiger partial charge in [-0.25, -0.2) is 29.3 Å². The second-order valence-corrected chi connectivity index (χ2v) is 6.42. The van der Waals surface area contributed by atoms with E-state index < -0.39 is 0 Å². The van der Waals surface area contributed by atoms with Crippen LogP contribution in [0, 0.1) is 0 Å². The first kappa shape index (κ1) is 16.2. The second-order valence-electron chi connectivity index (χ2n) is 6.42. The fraction of sp³-hybridized carbons (Fsp3) is 0.105. The summed E-state index contributed by atoms with van der Waals surface area (Å²) in [6, 6.07) is 12.7. The van der Waals surface area contributed by atoms with Gasteiger partial charge in [0.15, 0.2) is 11.5 Å². The van der Waals surface area contributed by atoms with E-state index in [9.17, 15) is 4.79 Å². The average Bonchev–Trinajstić information content (AvgIpc) is 3.36. The monoisotopic (exact) mass is 372 g/mol. The van der Waals surface area contributed by atoms with E-state index in [0.29, 0.717) is 28.5 Å². The fourth-order valence-electron chi connectivity index (χ4n) is 3.38. The highest BCUT2D eigenvalue weighted by atomic mass is 16.1. The normalized spacial score (nSPS) is 12.6. The Balaban J connectivity index is 1.80. The van der Waals surface area contributed by atoms with Crippen molar-refractivity contribution >= 4 is 22.6 Å². The molecular formula is C19H16N8O. The van der Waals surface area contributed by atoms with Crippen LogP contribution in [-0.2, 0) is 0 Å². The van der Waals surface area contributed by atoms with Crippen LogP contribution in [0.3, 0.4) is 0 Å². The zero-order valence-electron chi connectivity index (χ0n) is 15.0. The zero-order valence-corrected chi connectivity index (χ0v) is 15.0.